The molecule has 0 bridgehead atoms. The minimum absolute atomic E-state index is 0.0126. The zero-order valence-electron chi connectivity index (χ0n) is 12.5. The van der Waals surface area contributed by atoms with Gasteiger partial charge in [-0.1, -0.05) is 23.7 Å². The Kier molecular flexibility index (Phi) is 4.68. The molecule has 1 aromatic heterocycles. The minimum atomic E-state index is -0.513. The van der Waals surface area contributed by atoms with E-state index < -0.39 is 5.41 Å². The van der Waals surface area contributed by atoms with Crippen LogP contribution in [0.1, 0.15) is 32.4 Å². The highest BCUT2D eigenvalue weighted by molar-refractivity contribution is 6.30. The zero-order chi connectivity index (χ0) is 15.5. The highest BCUT2D eigenvalue weighted by atomic mass is 35.5. The molecule has 1 heterocycles. The monoisotopic (exact) mass is 305 g/mol. The standard InChI is InChI=1S/C16H20ClN3O/c1-12(13-4-6-14(17)7-5-13)19-15(21)16(2,3)10-20-9-8-18-11-20/h4-9,11-12H,10H2,1-3H3,(H,19,21). The summed E-state index contributed by atoms with van der Waals surface area (Å²) in [6.45, 7) is 6.41. The lowest BCUT2D eigenvalue weighted by molar-refractivity contribution is -0.130. The van der Waals surface area contributed by atoms with Crippen LogP contribution in [-0.4, -0.2) is 15.5 Å². The van der Waals surface area contributed by atoms with Crippen molar-refractivity contribution in [3.63, 3.8) is 0 Å². The Morgan fingerprint density at radius 1 is 1.38 bits per heavy atom. The molecule has 1 unspecified atom stereocenters. The van der Waals surface area contributed by atoms with Crippen LogP contribution in [-0.2, 0) is 11.3 Å². The van der Waals surface area contributed by atoms with Gasteiger partial charge in [0.1, 0.15) is 0 Å². The van der Waals surface area contributed by atoms with Crippen molar-refractivity contribution in [2.45, 2.75) is 33.4 Å². The summed E-state index contributed by atoms with van der Waals surface area (Å²) in [7, 11) is 0. The number of carbonyl (C=O) groups excluding carboxylic acids is 1. The third-order valence-corrected chi connectivity index (χ3v) is 3.72. The Balaban J connectivity index is 2.00. The summed E-state index contributed by atoms with van der Waals surface area (Å²) in [6.07, 6.45) is 5.29. The molecule has 21 heavy (non-hydrogen) atoms. The van der Waals surface area contributed by atoms with Crippen molar-refractivity contribution < 1.29 is 4.79 Å². The van der Waals surface area contributed by atoms with Crippen LogP contribution in [0.25, 0.3) is 0 Å². The topological polar surface area (TPSA) is 46.9 Å². The van der Waals surface area contributed by atoms with Gasteiger partial charge in [0.05, 0.1) is 17.8 Å². The van der Waals surface area contributed by atoms with Crippen LogP contribution in [0.3, 0.4) is 0 Å². The van der Waals surface area contributed by atoms with Gasteiger partial charge in [0.15, 0.2) is 0 Å². The molecule has 1 aromatic carbocycles. The molecule has 0 fully saturated rings. The number of rotatable bonds is 5. The molecule has 0 radical (unpaired) electrons. The average Bonchev–Trinajstić information content (AvgIpc) is 2.91. The molecule has 0 aliphatic carbocycles. The Morgan fingerprint density at radius 2 is 2.05 bits per heavy atom. The molecule has 0 aliphatic heterocycles. The highest BCUT2D eigenvalue weighted by Crippen LogP contribution is 2.22. The molecule has 5 heteroatoms. The van der Waals surface area contributed by atoms with E-state index in [-0.39, 0.29) is 11.9 Å². The molecule has 1 N–H and O–H groups in total. The fraction of sp³-hybridized carbons (Fsp3) is 0.375. The fourth-order valence-electron chi connectivity index (χ4n) is 2.14. The van der Waals surface area contributed by atoms with Crippen molar-refractivity contribution >= 4 is 17.5 Å². The second kappa shape index (κ2) is 6.31. The van der Waals surface area contributed by atoms with E-state index in [4.69, 9.17) is 11.6 Å². The van der Waals surface area contributed by atoms with Crippen molar-refractivity contribution in [1.82, 2.24) is 14.9 Å². The van der Waals surface area contributed by atoms with Crippen molar-refractivity contribution in [2.24, 2.45) is 5.41 Å². The second-order valence-electron chi connectivity index (χ2n) is 5.87. The molecule has 2 rings (SSSR count). The second-order valence-corrected chi connectivity index (χ2v) is 6.30. The molecule has 4 nitrogen and oxygen atoms in total. The van der Waals surface area contributed by atoms with Gasteiger partial charge in [-0.2, -0.15) is 0 Å². The third kappa shape index (κ3) is 4.08. The van der Waals surface area contributed by atoms with Crippen molar-refractivity contribution in [3.8, 4) is 0 Å². The van der Waals surface area contributed by atoms with E-state index in [9.17, 15) is 4.79 Å². The Hall–Kier alpha value is -1.81. The zero-order valence-corrected chi connectivity index (χ0v) is 13.3. The molecule has 0 saturated heterocycles. The number of hydrogen-bond donors (Lipinski definition) is 1. The van der Waals surface area contributed by atoms with Gasteiger partial charge in [0.2, 0.25) is 5.91 Å². The van der Waals surface area contributed by atoms with Crippen molar-refractivity contribution in [1.29, 1.82) is 0 Å². The molecule has 0 saturated carbocycles. The molecule has 112 valence electrons. The maximum atomic E-state index is 12.5. The number of nitrogens with one attached hydrogen (secondary N) is 1. The first-order valence-corrected chi connectivity index (χ1v) is 7.28. The summed E-state index contributed by atoms with van der Waals surface area (Å²) >= 11 is 5.88. The summed E-state index contributed by atoms with van der Waals surface area (Å²) in [5.41, 5.74) is 0.521. The van der Waals surface area contributed by atoms with E-state index >= 15 is 0 Å². The number of hydrogen-bond acceptors (Lipinski definition) is 2. The summed E-state index contributed by atoms with van der Waals surface area (Å²) < 4.78 is 1.91. The van der Waals surface area contributed by atoms with Crippen LogP contribution >= 0.6 is 11.6 Å². The van der Waals surface area contributed by atoms with Crippen LogP contribution in [0, 0.1) is 5.41 Å². The van der Waals surface area contributed by atoms with E-state index in [1.54, 1.807) is 12.5 Å². The van der Waals surface area contributed by atoms with Gasteiger partial charge in [0.25, 0.3) is 0 Å². The number of imidazole rings is 1. The first kappa shape index (κ1) is 15.6. The number of carbonyl (C=O) groups is 1. The summed E-state index contributed by atoms with van der Waals surface area (Å²) in [4.78, 5) is 16.5. The quantitative estimate of drug-likeness (QED) is 0.920. The number of aromatic nitrogens is 2. The van der Waals surface area contributed by atoms with Gasteiger partial charge in [-0.15, -0.1) is 0 Å². The lowest BCUT2D eigenvalue weighted by atomic mass is 9.91. The van der Waals surface area contributed by atoms with E-state index in [0.29, 0.717) is 11.6 Å². The first-order chi connectivity index (χ1) is 9.88. The molecular weight excluding hydrogens is 286 g/mol. The lowest BCUT2D eigenvalue weighted by Gasteiger charge is -2.26. The van der Waals surface area contributed by atoms with Gasteiger partial charge >= 0.3 is 0 Å². The van der Waals surface area contributed by atoms with E-state index in [1.807, 2.05) is 55.8 Å². The van der Waals surface area contributed by atoms with Gasteiger partial charge in [-0.05, 0) is 38.5 Å². The maximum Gasteiger partial charge on any atom is 0.227 e. The lowest BCUT2D eigenvalue weighted by Crippen LogP contribution is -2.40. The molecule has 1 atom stereocenters. The SMILES string of the molecule is CC(NC(=O)C(C)(C)Cn1ccnc1)c1ccc(Cl)cc1. The first-order valence-electron chi connectivity index (χ1n) is 6.91. The Morgan fingerprint density at radius 3 is 2.62 bits per heavy atom. The van der Waals surface area contributed by atoms with Crippen LogP contribution in [0.4, 0.5) is 0 Å². The maximum absolute atomic E-state index is 12.5. The summed E-state index contributed by atoms with van der Waals surface area (Å²) in [5, 5.41) is 3.74. The van der Waals surface area contributed by atoms with E-state index in [1.165, 1.54) is 0 Å². The van der Waals surface area contributed by atoms with E-state index in [0.717, 1.165) is 5.56 Å². The highest BCUT2D eigenvalue weighted by Gasteiger charge is 2.29. The summed E-state index contributed by atoms with van der Waals surface area (Å²) in [6, 6.07) is 7.45. The van der Waals surface area contributed by atoms with Crippen molar-refractivity contribution in [2.75, 3.05) is 0 Å². The summed E-state index contributed by atoms with van der Waals surface area (Å²) in [5.74, 6) is 0.0126. The smallest absolute Gasteiger partial charge is 0.227 e. The molecule has 0 aliphatic rings. The van der Waals surface area contributed by atoms with Gasteiger partial charge in [0, 0.05) is 24.0 Å². The number of halogens is 1. The van der Waals surface area contributed by atoms with Gasteiger partial charge in [-0.3, -0.25) is 4.79 Å². The number of benzene rings is 1. The Bertz CT molecular complexity index is 590. The predicted octanol–water partition coefficient (Wildman–Crippen LogP) is 3.44. The van der Waals surface area contributed by atoms with Crippen molar-refractivity contribution in [3.05, 3.63) is 53.6 Å². The number of nitrogens with zero attached hydrogens (tertiary/aromatic N) is 2. The molecular formula is C16H20ClN3O. The van der Waals surface area contributed by atoms with Crippen LogP contribution < -0.4 is 5.32 Å². The number of amides is 1. The predicted molar refractivity (Wildman–Crippen MR) is 84.0 cm³/mol. The third-order valence-electron chi connectivity index (χ3n) is 3.47. The Labute approximate surface area is 130 Å². The molecule has 0 spiro atoms. The average molecular weight is 306 g/mol. The normalized spacial score (nSPS) is 13.0. The van der Waals surface area contributed by atoms with Gasteiger partial charge in [-0.25, -0.2) is 4.98 Å². The van der Waals surface area contributed by atoms with Crippen LogP contribution in [0.2, 0.25) is 5.02 Å². The fourth-order valence-corrected chi connectivity index (χ4v) is 2.26. The molecule has 2 aromatic rings. The minimum Gasteiger partial charge on any atom is -0.349 e. The molecule has 1 amide bonds. The van der Waals surface area contributed by atoms with Gasteiger partial charge < -0.3 is 9.88 Å². The largest absolute Gasteiger partial charge is 0.349 e. The van der Waals surface area contributed by atoms with E-state index in [2.05, 4.69) is 10.3 Å². The van der Waals surface area contributed by atoms with Crippen LogP contribution in [0.15, 0.2) is 43.0 Å². The van der Waals surface area contributed by atoms with Crippen LogP contribution in [0.5, 0.6) is 0 Å².